The second kappa shape index (κ2) is 11.1. The Morgan fingerprint density at radius 3 is 1.97 bits per heavy atom. The summed E-state index contributed by atoms with van der Waals surface area (Å²) in [6, 6.07) is 26.5. The van der Waals surface area contributed by atoms with Crippen LogP contribution >= 0.6 is 0 Å². The number of amides is 1. The zero-order valence-electron chi connectivity index (χ0n) is 19.3. The Balaban J connectivity index is 1.96. The van der Waals surface area contributed by atoms with E-state index in [0.29, 0.717) is 6.54 Å². The summed E-state index contributed by atoms with van der Waals surface area (Å²) >= 11 is 0. The third kappa shape index (κ3) is 6.45. The van der Waals surface area contributed by atoms with Crippen LogP contribution in [-0.2, 0) is 21.5 Å². The lowest BCUT2D eigenvalue weighted by atomic mass is 9.89. The molecule has 1 amide bonds. The minimum absolute atomic E-state index is 0.00336. The van der Waals surface area contributed by atoms with Crippen molar-refractivity contribution in [2.24, 2.45) is 0 Å². The van der Waals surface area contributed by atoms with Gasteiger partial charge in [0.25, 0.3) is 0 Å². The lowest BCUT2D eigenvalue weighted by Crippen LogP contribution is -2.41. The van der Waals surface area contributed by atoms with Crippen molar-refractivity contribution in [2.45, 2.75) is 45.7 Å². The van der Waals surface area contributed by atoms with Crippen LogP contribution in [0, 0.1) is 0 Å². The molecular weight excluding hydrogens is 434 g/mol. The minimum atomic E-state index is -3.62. The normalized spacial score (nSPS) is 12.4. The Bertz CT molecular complexity index is 1110. The van der Waals surface area contributed by atoms with Gasteiger partial charge in [-0.2, -0.15) is 8.42 Å². The van der Waals surface area contributed by atoms with E-state index in [9.17, 15) is 13.2 Å². The number of carbonyl (C=O) groups is 1. The Hall–Kier alpha value is -3.12. The maximum absolute atomic E-state index is 14.0. The van der Waals surface area contributed by atoms with Crippen LogP contribution < -0.4 is 4.18 Å². The molecule has 5 nitrogen and oxygen atoms in total. The van der Waals surface area contributed by atoms with Crippen molar-refractivity contribution in [1.82, 2.24) is 4.90 Å². The van der Waals surface area contributed by atoms with Crippen LogP contribution in [0.1, 0.15) is 49.8 Å². The Labute approximate surface area is 197 Å². The van der Waals surface area contributed by atoms with Crippen molar-refractivity contribution in [3.8, 4) is 5.75 Å². The van der Waals surface area contributed by atoms with E-state index in [1.165, 1.54) is 6.92 Å². The summed E-state index contributed by atoms with van der Waals surface area (Å²) in [5.41, 5.74) is 2.69. The van der Waals surface area contributed by atoms with Crippen molar-refractivity contribution in [1.29, 1.82) is 0 Å². The highest BCUT2D eigenvalue weighted by Gasteiger charge is 2.30. The van der Waals surface area contributed by atoms with Crippen molar-refractivity contribution in [3.05, 3.63) is 102 Å². The summed E-state index contributed by atoms with van der Waals surface area (Å²) < 4.78 is 28.9. The maximum Gasteiger partial charge on any atom is 0.308 e. The molecule has 0 spiro atoms. The Morgan fingerprint density at radius 1 is 0.879 bits per heavy atom. The summed E-state index contributed by atoms with van der Waals surface area (Å²) in [7, 11) is -3.62. The van der Waals surface area contributed by atoms with Crippen molar-refractivity contribution in [2.75, 3.05) is 5.75 Å². The highest BCUT2D eigenvalue weighted by Crippen LogP contribution is 2.29. The quantitative estimate of drug-likeness (QED) is 0.378. The molecule has 6 heteroatoms. The lowest BCUT2D eigenvalue weighted by Gasteiger charge is -2.33. The molecule has 1 atom stereocenters. The third-order valence-corrected chi connectivity index (χ3v) is 6.90. The summed E-state index contributed by atoms with van der Waals surface area (Å²) in [6.07, 6.45) is 0.794. The van der Waals surface area contributed by atoms with Gasteiger partial charge in [-0.15, -0.1) is 0 Å². The van der Waals surface area contributed by atoms with Gasteiger partial charge in [-0.25, -0.2) is 0 Å². The van der Waals surface area contributed by atoms with Gasteiger partial charge in [0.1, 0.15) is 5.75 Å². The van der Waals surface area contributed by atoms with Gasteiger partial charge < -0.3 is 9.08 Å². The van der Waals surface area contributed by atoms with Crippen molar-refractivity contribution in [3.63, 3.8) is 0 Å². The summed E-state index contributed by atoms with van der Waals surface area (Å²) in [6.45, 7) is 5.98. The first-order valence-corrected chi connectivity index (χ1v) is 12.8. The highest BCUT2D eigenvalue weighted by molar-refractivity contribution is 7.87. The number of benzene rings is 3. The molecule has 0 heterocycles. The molecule has 174 valence electrons. The monoisotopic (exact) mass is 465 g/mol. The zero-order valence-corrected chi connectivity index (χ0v) is 20.2. The molecule has 3 rings (SSSR count). The molecule has 0 aliphatic carbocycles. The van der Waals surface area contributed by atoms with E-state index in [-0.39, 0.29) is 23.5 Å². The number of rotatable bonds is 10. The van der Waals surface area contributed by atoms with E-state index >= 15 is 0 Å². The number of carbonyl (C=O) groups excluding carboxylic acids is 1. The van der Waals surface area contributed by atoms with Crippen molar-refractivity contribution >= 4 is 16.0 Å². The third-order valence-electron chi connectivity index (χ3n) is 5.75. The molecule has 0 fully saturated rings. The SMILES string of the molecule is CC[C@@H](C)N(Cc1cccc(OS(=O)(=O)CC)c1)C(=O)C(c1ccccc1)c1ccccc1. The molecule has 33 heavy (non-hydrogen) atoms. The predicted molar refractivity (Wildman–Crippen MR) is 132 cm³/mol. The van der Waals surface area contributed by atoms with E-state index in [1.54, 1.807) is 18.2 Å². The minimum Gasteiger partial charge on any atom is -0.382 e. The van der Waals surface area contributed by atoms with Crippen LogP contribution in [0.25, 0.3) is 0 Å². The molecule has 3 aromatic rings. The van der Waals surface area contributed by atoms with Gasteiger partial charge in [-0.05, 0) is 49.1 Å². The molecule has 3 aromatic carbocycles. The molecule has 0 saturated heterocycles. The first-order chi connectivity index (χ1) is 15.8. The second-order valence-corrected chi connectivity index (χ2v) is 9.91. The second-order valence-electron chi connectivity index (χ2n) is 8.05. The van der Waals surface area contributed by atoms with Gasteiger partial charge in [0.2, 0.25) is 5.91 Å². The fraction of sp³-hybridized carbons (Fsp3) is 0.296. The summed E-state index contributed by atoms with van der Waals surface area (Å²) in [5, 5.41) is 0. The molecule has 0 unspecified atom stereocenters. The fourth-order valence-corrected chi connectivity index (χ4v) is 4.22. The first kappa shape index (κ1) is 24.5. The van der Waals surface area contributed by atoms with E-state index < -0.39 is 16.0 Å². The molecule has 0 radical (unpaired) electrons. The van der Waals surface area contributed by atoms with Crippen LogP contribution in [0.15, 0.2) is 84.9 Å². The maximum atomic E-state index is 14.0. The van der Waals surface area contributed by atoms with Crippen LogP contribution in [0.3, 0.4) is 0 Å². The number of nitrogens with zero attached hydrogens (tertiary/aromatic N) is 1. The molecule has 0 aliphatic rings. The average Bonchev–Trinajstić information content (AvgIpc) is 2.83. The van der Waals surface area contributed by atoms with Crippen LogP contribution in [0.5, 0.6) is 5.75 Å². The topological polar surface area (TPSA) is 63.7 Å². The molecule has 0 N–H and O–H groups in total. The average molecular weight is 466 g/mol. The molecule has 0 saturated carbocycles. The van der Waals surface area contributed by atoms with Gasteiger partial charge in [-0.3, -0.25) is 4.79 Å². The van der Waals surface area contributed by atoms with Gasteiger partial charge in [0.15, 0.2) is 0 Å². The summed E-state index contributed by atoms with van der Waals surface area (Å²) in [5.74, 6) is -0.269. The lowest BCUT2D eigenvalue weighted by molar-refractivity contribution is -0.134. The van der Waals surface area contributed by atoms with Gasteiger partial charge >= 0.3 is 10.1 Å². The van der Waals surface area contributed by atoms with Crippen LogP contribution in [0.2, 0.25) is 0 Å². The Kier molecular flexibility index (Phi) is 8.28. The standard InChI is InChI=1S/C27H31NO4S/c1-4-21(3)28(20-22-13-12-18-25(19-22)32-33(30,31)5-2)27(29)26(23-14-8-6-9-15-23)24-16-10-7-11-17-24/h6-19,21,26H,4-5,20H2,1-3H3/t21-/m1/s1. The van der Waals surface area contributed by atoms with E-state index in [1.807, 2.05) is 78.6 Å². The molecule has 0 bridgehead atoms. The molecular formula is C27H31NO4S. The van der Waals surface area contributed by atoms with E-state index in [2.05, 4.69) is 6.92 Å². The fourth-order valence-electron chi connectivity index (χ4n) is 3.70. The Morgan fingerprint density at radius 2 is 1.45 bits per heavy atom. The van der Waals surface area contributed by atoms with Crippen LogP contribution in [0.4, 0.5) is 0 Å². The van der Waals surface area contributed by atoms with Gasteiger partial charge in [0, 0.05) is 12.6 Å². The number of hydrogen-bond donors (Lipinski definition) is 0. The van der Waals surface area contributed by atoms with Gasteiger partial charge in [0.05, 0.1) is 11.7 Å². The van der Waals surface area contributed by atoms with Gasteiger partial charge in [-0.1, -0.05) is 79.7 Å². The first-order valence-electron chi connectivity index (χ1n) is 11.3. The largest absolute Gasteiger partial charge is 0.382 e. The smallest absolute Gasteiger partial charge is 0.308 e. The molecule has 0 aromatic heterocycles. The summed E-state index contributed by atoms with van der Waals surface area (Å²) in [4.78, 5) is 15.9. The van der Waals surface area contributed by atoms with E-state index in [4.69, 9.17) is 4.18 Å². The number of hydrogen-bond acceptors (Lipinski definition) is 4. The zero-order chi connectivity index (χ0) is 23.8. The highest BCUT2D eigenvalue weighted by atomic mass is 32.2. The predicted octanol–water partition coefficient (Wildman–Crippen LogP) is 5.37. The van der Waals surface area contributed by atoms with Crippen molar-refractivity contribution < 1.29 is 17.4 Å². The molecule has 0 aliphatic heterocycles. The van der Waals surface area contributed by atoms with Crippen LogP contribution in [-0.4, -0.2) is 31.0 Å². The van der Waals surface area contributed by atoms with E-state index in [0.717, 1.165) is 23.1 Å².